The zero-order valence-electron chi connectivity index (χ0n) is 12.2. The number of ether oxygens (including phenoxy) is 3. The van der Waals surface area contributed by atoms with Crippen LogP contribution in [0, 0.1) is 0 Å². The molecule has 0 aliphatic carbocycles. The smallest absolute Gasteiger partial charge is 0.219 e. The molecule has 0 bridgehead atoms. The summed E-state index contributed by atoms with van der Waals surface area (Å²) >= 11 is 0. The largest absolute Gasteiger partial charge is 0.493 e. The summed E-state index contributed by atoms with van der Waals surface area (Å²) in [6.07, 6.45) is 1.03. The molecule has 1 aromatic rings. The molecule has 0 spiro atoms. The van der Waals surface area contributed by atoms with E-state index in [0.29, 0.717) is 43.2 Å². The molecule has 6 heteroatoms. The van der Waals surface area contributed by atoms with E-state index in [1.807, 2.05) is 12.1 Å². The van der Waals surface area contributed by atoms with Crippen LogP contribution < -0.4 is 25.3 Å². The van der Waals surface area contributed by atoms with E-state index in [4.69, 9.17) is 19.9 Å². The van der Waals surface area contributed by atoms with Crippen molar-refractivity contribution in [2.24, 2.45) is 5.73 Å². The number of carbonyl (C=O) groups is 1. The molecule has 1 rings (SSSR count). The van der Waals surface area contributed by atoms with Crippen LogP contribution in [0.3, 0.4) is 0 Å². The summed E-state index contributed by atoms with van der Waals surface area (Å²) in [4.78, 5) is 11.1. The first-order chi connectivity index (χ1) is 9.65. The molecular weight excluding hydrogens is 260 g/mol. The fourth-order valence-electron chi connectivity index (χ4n) is 1.73. The molecule has 6 nitrogen and oxygen atoms in total. The lowest BCUT2D eigenvalue weighted by molar-refractivity contribution is -0.120. The van der Waals surface area contributed by atoms with Gasteiger partial charge in [-0.2, -0.15) is 0 Å². The van der Waals surface area contributed by atoms with Gasteiger partial charge in [-0.3, -0.25) is 4.79 Å². The average molecular weight is 282 g/mol. The molecule has 0 aliphatic heterocycles. The minimum atomic E-state index is -0.00832. The highest BCUT2D eigenvalue weighted by molar-refractivity contribution is 5.75. The first-order valence-corrected chi connectivity index (χ1v) is 6.44. The van der Waals surface area contributed by atoms with Crippen molar-refractivity contribution in [1.82, 2.24) is 5.32 Å². The molecule has 0 saturated carbocycles. The molecular formula is C14H22N2O4. The number of carbonyl (C=O) groups excluding carboxylic acids is 1. The number of rotatable bonds is 8. The Morgan fingerprint density at radius 1 is 1.25 bits per heavy atom. The van der Waals surface area contributed by atoms with Gasteiger partial charge in [-0.05, 0) is 24.1 Å². The second kappa shape index (κ2) is 8.27. The van der Waals surface area contributed by atoms with Crippen LogP contribution in [0.15, 0.2) is 12.1 Å². The van der Waals surface area contributed by atoms with Crippen molar-refractivity contribution in [3.05, 3.63) is 17.7 Å². The molecule has 0 radical (unpaired) electrons. The minimum Gasteiger partial charge on any atom is -0.493 e. The van der Waals surface area contributed by atoms with E-state index >= 15 is 0 Å². The monoisotopic (exact) mass is 282 g/mol. The predicted octanol–water partition coefficient (Wildman–Crippen LogP) is 1.07. The fourth-order valence-corrected chi connectivity index (χ4v) is 1.73. The number of nitrogens with one attached hydrogen (secondary N) is 1. The molecule has 0 atom stereocenters. The van der Waals surface area contributed by atoms with Gasteiger partial charge < -0.3 is 25.3 Å². The summed E-state index contributed by atoms with van der Waals surface area (Å²) in [5.74, 6) is 1.67. The van der Waals surface area contributed by atoms with Crippen molar-refractivity contribution in [3.8, 4) is 17.2 Å². The van der Waals surface area contributed by atoms with Crippen molar-refractivity contribution < 1.29 is 19.0 Å². The van der Waals surface area contributed by atoms with Crippen molar-refractivity contribution in [2.75, 3.05) is 27.9 Å². The first kappa shape index (κ1) is 16.1. The minimum absolute atomic E-state index is 0.00832. The molecule has 0 aromatic heterocycles. The number of hydrogen-bond acceptors (Lipinski definition) is 5. The quantitative estimate of drug-likeness (QED) is 0.697. The lowest BCUT2D eigenvalue weighted by Crippen LogP contribution is -2.18. The summed E-state index contributed by atoms with van der Waals surface area (Å²) in [5.41, 5.74) is 6.52. The number of benzene rings is 1. The Kier molecular flexibility index (Phi) is 6.66. The van der Waals surface area contributed by atoms with Crippen LogP contribution in [-0.2, 0) is 11.3 Å². The van der Waals surface area contributed by atoms with Gasteiger partial charge in [-0.25, -0.2) is 0 Å². The Hall–Kier alpha value is -1.95. The summed E-state index contributed by atoms with van der Waals surface area (Å²) < 4.78 is 16.3. The van der Waals surface area contributed by atoms with Crippen LogP contribution in [0.25, 0.3) is 0 Å². The molecule has 0 saturated heterocycles. The van der Waals surface area contributed by atoms with Gasteiger partial charge in [0.1, 0.15) is 0 Å². The average Bonchev–Trinajstić information content (AvgIpc) is 2.50. The zero-order chi connectivity index (χ0) is 15.0. The molecule has 112 valence electrons. The maximum absolute atomic E-state index is 11.1. The Morgan fingerprint density at radius 2 is 1.85 bits per heavy atom. The fraction of sp³-hybridized carbons (Fsp3) is 0.500. The van der Waals surface area contributed by atoms with E-state index in [2.05, 4.69) is 5.32 Å². The van der Waals surface area contributed by atoms with E-state index in [9.17, 15) is 4.79 Å². The van der Waals surface area contributed by atoms with Crippen LogP contribution in [-0.4, -0.2) is 33.8 Å². The van der Waals surface area contributed by atoms with E-state index in [0.717, 1.165) is 5.56 Å². The van der Waals surface area contributed by atoms with E-state index in [-0.39, 0.29) is 5.91 Å². The molecule has 0 aliphatic rings. The molecule has 1 amide bonds. The number of nitrogens with two attached hydrogens (primary N) is 1. The van der Waals surface area contributed by atoms with E-state index in [1.165, 1.54) is 0 Å². The standard InChI is InChI=1S/C14H22N2O4/c1-16-13(17)5-4-6-20-14-11(18-2)7-10(9-15)8-12(14)19-3/h7-8H,4-6,9,15H2,1-3H3,(H,16,17). The number of hydrogen-bond donors (Lipinski definition) is 2. The summed E-state index contributed by atoms with van der Waals surface area (Å²) in [6.45, 7) is 0.797. The Labute approximate surface area is 119 Å². The predicted molar refractivity (Wildman–Crippen MR) is 76.2 cm³/mol. The van der Waals surface area contributed by atoms with Crippen molar-refractivity contribution >= 4 is 5.91 Å². The van der Waals surface area contributed by atoms with Crippen LogP contribution in [0.4, 0.5) is 0 Å². The Bertz CT molecular complexity index is 424. The molecule has 0 heterocycles. The highest BCUT2D eigenvalue weighted by atomic mass is 16.5. The maximum Gasteiger partial charge on any atom is 0.219 e. The van der Waals surface area contributed by atoms with Crippen molar-refractivity contribution in [2.45, 2.75) is 19.4 Å². The second-order valence-electron chi connectivity index (χ2n) is 4.16. The maximum atomic E-state index is 11.1. The van der Waals surface area contributed by atoms with Crippen LogP contribution in [0.5, 0.6) is 17.2 Å². The third-order valence-electron chi connectivity index (χ3n) is 2.83. The summed E-state index contributed by atoms with van der Waals surface area (Å²) in [5, 5.41) is 2.57. The molecule has 3 N–H and O–H groups in total. The van der Waals surface area contributed by atoms with Gasteiger partial charge in [0.25, 0.3) is 0 Å². The van der Waals surface area contributed by atoms with E-state index < -0.39 is 0 Å². The Balaban J connectivity index is 2.74. The molecule has 0 fully saturated rings. The van der Waals surface area contributed by atoms with E-state index in [1.54, 1.807) is 21.3 Å². The molecule has 1 aromatic carbocycles. The molecule has 0 unspecified atom stereocenters. The summed E-state index contributed by atoms with van der Waals surface area (Å²) in [7, 11) is 4.74. The summed E-state index contributed by atoms with van der Waals surface area (Å²) in [6, 6.07) is 3.63. The van der Waals surface area contributed by atoms with Gasteiger partial charge in [-0.1, -0.05) is 0 Å². The third-order valence-corrected chi connectivity index (χ3v) is 2.83. The van der Waals surface area contributed by atoms with Gasteiger partial charge in [-0.15, -0.1) is 0 Å². The van der Waals surface area contributed by atoms with Gasteiger partial charge in [0.2, 0.25) is 11.7 Å². The molecule has 20 heavy (non-hydrogen) atoms. The number of methoxy groups -OCH3 is 2. The van der Waals surface area contributed by atoms with Gasteiger partial charge in [0.15, 0.2) is 11.5 Å². The van der Waals surface area contributed by atoms with Crippen LogP contribution in [0.1, 0.15) is 18.4 Å². The Morgan fingerprint density at radius 3 is 2.30 bits per heavy atom. The van der Waals surface area contributed by atoms with Crippen molar-refractivity contribution in [1.29, 1.82) is 0 Å². The van der Waals surface area contributed by atoms with Crippen LogP contribution >= 0.6 is 0 Å². The van der Waals surface area contributed by atoms with Crippen molar-refractivity contribution in [3.63, 3.8) is 0 Å². The van der Waals surface area contributed by atoms with Gasteiger partial charge in [0, 0.05) is 20.0 Å². The lowest BCUT2D eigenvalue weighted by Gasteiger charge is -2.15. The lowest BCUT2D eigenvalue weighted by atomic mass is 10.2. The zero-order valence-corrected chi connectivity index (χ0v) is 12.2. The van der Waals surface area contributed by atoms with Gasteiger partial charge in [0.05, 0.1) is 20.8 Å². The second-order valence-corrected chi connectivity index (χ2v) is 4.16. The SMILES string of the molecule is CNC(=O)CCCOc1c(OC)cc(CN)cc1OC. The highest BCUT2D eigenvalue weighted by Gasteiger charge is 2.13. The van der Waals surface area contributed by atoms with Crippen LogP contribution in [0.2, 0.25) is 0 Å². The highest BCUT2D eigenvalue weighted by Crippen LogP contribution is 2.38. The third kappa shape index (κ3) is 4.31. The topological polar surface area (TPSA) is 82.8 Å². The first-order valence-electron chi connectivity index (χ1n) is 6.44. The van der Waals surface area contributed by atoms with Gasteiger partial charge >= 0.3 is 0 Å². The normalized spacial score (nSPS) is 10.0. The number of amides is 1.